The number of hydrogen-bond donors (Lipinski definition) is 1. The summed E-state index contributed by atoms with van der Waals surface area (Å²) in [5.41, 5.74) is 0.972. The summed E-state index contributed by atoms with van der Waals surface area (Å²) in [7, 11) is 2.97. The zero-order valence-corrected chi connectivity index (χ0v) is 11.8. The molecule has 0 aliphatic carbocycles. The number of benzene rings is 1. The minimum atomic E-state index is -0.305. The van der Waals surface area contributed by atoms with E-state index < -0.39 is 0 Å². The van der Waals surface area contributed by atoms with E-state index in [9.17, 15) is 4.79 Å². The Bertz CT molecular complexity index is 617. The number of pyridine rings is 1. The Balaban J connectivity index is 2.29. The number of nitrogens with one attached hydrogen (secondary N) is 1. The van der Waals surface area contributed by atoms with Crippen molar-refractivity contribution in [1.29, 1.82) is 0 Å². The summed E-state index contributed by atoms with van der Waals surface area (Å²) in [6, 6.07) is 6.56. The van der Waals surface area contributed by atoms with Crippen molar-refractivity contribution in [1.82, 2.24) is 4.98 Å². The van der Waals surface area contributed by atoms with Crippen LogP contribution in [0.4, 0.5) is 5.69 Å². The van der Waals surface area contributed by atoms with E-state index in [1.165, 1.54) is 20.3 Å². The molecular formula is C14H13ClN2O3. The predicted molar refractivity (Wildman–Crippen MR) is 76.7 cm³/mol. The van der Waals surface area contributed by atoms with Gasteiger partial charge in [0, 0.05) is 11.8 Å². The minimum absolute atomic E-state index is 0.305. The fraction of sp³-hybridized carbons (Fsp3) is 0.143. The predicted octanol–water partition coefficient (Wildman–Crippen LogP) is 3.00. The highest BCUT2D eigenvalue weighted by atomic mass is 35.5. The number of aromatic nitrogens is 1. The summed E-state index contributed by atoms with van der Waals surface area (Å²) in [5.74, 6) is 0.490. The zero-order valence-electron chi connectivity index (χ0n) is 11.0. The van der Waals surface area contributed by atoms with Crippen LogP contribution in [0.2, 0.25) is 5.02 Å². The topological polar surface area (TPSA) is 60.5 Å². The molecular weight excluding hydrogens is 280 g/mol. The number of nitrogens with zero attached hydrogens (tertiary/aromatic N) is 1. The fourth-order valence-corrected chi connectivity index (χ4v) is 1.98. The Labute approximate surface area is 121 Å². The number of methoxy groups -OCH3 is 2. The monoisotopic (exact) mass is 292 g/mol. The lowest BCUT2D eigenvalue weighted by Gasteiger charge is -2.11. The van der Waals surface area contributed by atoms with Crippen molar-refractivity contribution in [2.45, 2.75) is 0 Å². The Hall–Kier alpha value is -2.27. The molecule has 0 aliphatic rings. The summed E-state index contributed by atoms with van der Waals surface area (Å²) >= 11 is 6.06. The van der Waals surface area contributed by atoms with Crippen molar-refractivity contribution in [3.63, 3.8) is 0 Å². The van der Waals surface area contributed by atoms with E-state index in [-0.39, 0.29) is 5.91 Å². The van der Waals surface area contributed by atoms with Crippen molar-refractivity contribution in [3.8, 4) is 11.5 Å². The number of rotatable bonds is 4. The van der Waals surface area contributed by atoms with Crippen molar-refractivity contribution in [3.05, 3.63) is 47.2 Å². The average molecular weight is 293 g/mol. The first kappa shape index (κ1) is 14.1. The van der Waals surface area contributed by atoms with E-state index >= 15 is 0 Å². The molecule has 104 valence electrons. The first-order valence-electron chi connectivity index (χ1n) is 5.78. The molecule has 1 heterocycles. The highest BCUT2D eigenvalue weighted by Crippen LogP contribution is 2.36. The van der Waals surface area contributed by atoms with E-state index in [0.29, 0.717) is 27.8 Å². The van der Waals surface area contributed by atoms with Gasteiger partial charge in [-0.2, -0.15) is 0 Å². The molecule has 0 unspecified atom stereocenters. The second-order valence-electron chi connectivity index (χ2n) is 3.89. The highest BCUT2D eigenvalue weighted by Gasteiger charge is 2.15. The Morgan fingerprint density at radius 2 is 2.10 bits per heavy atom. The van der Waals surface area contributed by atoms with Crippen LogP contribution in [0.15, 0.2) is 36.7 Å². The average Bonchev–Trinajstić information content (AvgIpc) is 2.47. The Morgan fingerprint density at radius 3 is 2.70 bits per heavy atom. The van der Waals surface area contributed by atoms with E-state index in [1.54, 1.807) is 30.6 Å². The fourth-order valence-electron chi connectivity index (χ4n) is 1.69. The lowest BCUT2D eigenvalue weighted by atomic mass is 10.2. The SMILES string of the molecule is COc1cc(C(=O)Nc2cccnc2)cc(Cl)c1OC. The third-order valence-corrected chi connectivity index (χ3v) is 2.90. The molecule has 0 bridgehead atoms. The van der Waals surface area contributed by atoms with Gasteiger partial charge in [-0.15, -0.1) is 0 Å². The molecule has 0 atom stereocenters. The van der Waals surface area contributed by atoms with Gasteiger partial charge in [-0.25, -0.2) is 0 Å². The van der Waals surface area contributed by atoms with E-state index in [0.717, 1.165) is 0 Å². The zero-order chi connectivity index (χ0) is 14.5. The Kier molecular flexibility index (Phi) is 4.42. The summed E-state index contributed by atoms with van der Waals surface area (Å²) in [6.45, 7) is 0. The third kappa shape index (κ3) is 3.00. The van der Waals surface area contributed by atoms with Crippen LogP contribution in [0.25, 0.3) is 0 Å². The number of anilines is 1. The number of carbonyl (C=O) groups excluding carboxylic acids is 1. The van der Waals surface area contributed by atoms with Crippen LogP contribution in [-0.4, -0.2) is 25.1 Å². The van der Waals surface area contributed by atoms with Gasteiger partial charge in [0.1, 0.15) is 0 Å². The van der Waals surface area contributed by atoms with Crippen molar-refractivity contribution in [2.24, 2.45) is 0 Å². The summed E-state index contributed by atoms with van der Waals surface area (Å²) in [5, 5.41) is 3.03. The van der Waals surface area contributed by atoms with Crippen LogP contribution in [-0.2, 0) is 0 Å². The second-order valence-corrected chi connectivity index (χ2v) is 4.30. The molecule has 0 fully saturated rings. The number of amides is 1. The molecule has 0 saturated heterocycles. The standard InChI is InChI=1S/C14H13ClN2O3/c1-19-12-7-9(6-11(15)13(12)20-2)14(18)17-10-4-3-5-16-8-10/h3-8H,1-2H3,(H,17,18). The molecule has 2 aromatic rings. The Morgan fingerprint density at radius 1 is 1.30 bits per heavy atom. The van der Waals surface area contributed by atoms with Crippen LogP contribution >= 0.6 is 11.6 Å². The number of carbonyl (C=O) groups is 1. The molecule has 2 rings (SSSR count). The van der Waals surface area contributed by atoms with Crippen LogP contribution in [0, 0.1) is 0 Å². The summed E-state index contributed by atoms with van der Waals surface area (Å²) in [6.07, 6.45) is 3.18. The first-order chi connectivity index (χ1) is 9.65. The number of ether oxygens (including phenoxy) is 2. The van der Waals surface area contributed by atoms with Crippen molar-refractivity contribution < 1.29 is 14.3 Å². The van der Waals surface area contributed by atoms with Crippen LogP contribution < -0.4 is 14.8 Å². The lowest BCUT2D eigenvalue weighted by Crippen LogP contribution is -2.12. The van der Waals surface area contributed by atoms with E-state index in [4.69, 9.17) is 21.1 Å². The van der Waals surface area contributed by atoms with Gasteiger partial charge < -0.3 is 14.8 Å². The first-order valence-corrected chi connectivity index (χ1v) is 6.16. The summed E-state index contributed by atoms with van der Waals surface area (Å²) in [4.78, 5) is 16.1. The van der Waals surface area contributed by atoms with Crippen LogP contribution in [0.3, 0.4) is 0 Å². The molecule has 1 aromatic carbocycles. The highest BCUT2D eigenvalue weighted by molar-refractivity contribution is 6.32. The van der Waals surface area contributed by atoms with E-state index in [2.05, 4.69) is 10.3 Å². The minimum Gasteiger partial charge on any atom is -0.493 e. The van der Waals surface area contributed by atoms with Gasteiger partial charge in [0.05, 0.1) is 31.1 Å². The smallest absolute Gasteiger partial charge is 0.255 e. The molecule has 0 aliphatic heterocycles. The largest absolute Gasteiger partial charge is 0.493 e. The molecule has 1 amide bonds. The molecule has 0 spiro atoms. The molecule has 1 aromatic heterocycles. The molecule has 5 nitrogen and oxygen atoms in total. The van der Waals surface area contributed by atoms with Gasteiger partial charge in [0.2, 0.25) is 0 Å². The van der Waals surface area contributed by atoms with Gasteiger partial charge in [0.15, 0.2) is 11.5 Å². The van der Waals surface area contributed by atoms with Crippen molar-refractivity contribution in [2.75, 3.05) is 19.5 Å². The molecule has 0 saturated carbocycles. The second kappa shape index (κ2) is 6.25. The molecule has 0 radical (unpaired) electrons. The van der Waals surface area contributed by atoms with Gasteiger partial charge in [0.25, 0.3) is 5.91 Å². The number of halogens is 1. The maximum Gasteiger partial charge on any atom is 0.255 e. The maximum absolute atomic E-state index is 12.1. The molecule has 6 heteroatoms. The normalized spacial score (nSPS) is 9.95. The quantitative estimate of drug-likeness (QED) is 0.941. The van der Waals surface area contributed by atoms with Gasteiger partial charge in [-0.3, -0.25) is 9.78 Å². The number of hydrogen-bond acceptors (Lipinski definition) is 4. The van der Waals surface area contributed by atoms with Gasteiger partial charge in [-0.05, 0) is 24.3 Å². The van der Waals surface area contributed by atoms with Crippen molar-refractivity contribution >= 4 is 23.2 Å². The van der Waals surface area contributed by atoms with Crippen LogP contribution in [0.1, 0.15) is 10.4 Å². The van der Waals surface area contributed by atoms with Gasteiger partial charge in [-0.1, -0.05) is 11.6 Å². The summed E-state index contributed by atoms with van der Waals surface area (Å²) < 4.78 is 10.3. The maximum atomic E-state index is 12.1. The van der Waals surface area contributed by atoms with Crippen LogP contribution in [0.5, 0.6) is 11.5 Å². The lowest BCUT2D eigenvalue weighted by molar-refractivity contribution is 0.102. The van der Waals surface area contributed by atoms with E-state index in [1.807, 2.05) is 0 Å². The molecule has 1 N–H and O–H groups in total. The third-order valence-electron chi connectivity index (χ3n) is 2.62. The van der Waals surface area contributed by atoms with Gasteiger partial charge >= 0.3 is 0 Å². The molecule has 20 heavy (non-hydrogen) atoms.